The summed E-state index contributed by atoms with van der Waals surface area (Å²) in [6, 6.07) is 7.96. The van der Waals surface area contributed by atoms with Crippen molar-refractivity contribution in [2.45, 2.75) is 24.5 Å². The molecule has 0 amide bonds. The second-order valence-corrected chi connectivity index (χ2v) is 5.61. The van der Waals surface area contributed by atoms with Gasteiger partial charge < -0.3 is 4.74 Å². The van der Waals surface area contributed by atoms with Crippen LogP contribution in [-0.4, -0.2) is 23.7 Å². The number of nitrogens with zero attached hydrogens (tertiary/aromatic N) is 1. The number of hydrogen-bond donors (Lipinski definition) is 0. The first-order valence-electron chi connectivity index (χ1n) is 5.76. The first kappa shape index (κ1) is 10.9. The monoisotopic (exact) mass is 247 g/mol. The van der Waals surface area contributed by atoms with Gasteiger partial charge in [-0.25, -0.2) is 4.79 Å². The van der Waals surface area contributed by atoms with Crippen molar-refractivity contribution in [1.29, 1.82) is 0 Å². The first-order chi connectivity index (χ1) is 8.32. The van der Waals surface area contributed by atoms with E-state index in [1.165, 1.54) is 0 Å². The zero-order valence-electron chi connectivity index (χ0n) is 9.39. The van der Waals surface area contributed by atoms with Crippen molar-refractivity contribution in [2.24, 2.45) is 4.99 Å². The van der Waals surface area contributed by atoms with E-state index in [2.05, 4.69) is 4.99 Å². The van der Waals surface area contributed by atoms with Crippen LogP contribution < -0.4 is 4.74 Å². The molecule has 2 fully saturated rings. The molecule has 17 heavy (non-hydrogen) atoms. The lowest BCUT2D eigenvalue weighted by Gasteiger charge is -2.26. The molecular weight excluding hydrogens is 234 g/mol. The van der Waals surface area contributed by atoms with Gasteiger partial charge in [0, 0.05) is 11.5 Å². The Morgan fingerprint density at radius 1 is 1.41 bits per heavy atom. The SMILES string of the molecule is O=C=NC1(c2cccc(OC3CSC3)c2)CC1. The molecule has 1 heterocycles. The Kier molecular flexibility index (Phi) is 2.69. The number of ether oxygens (including phenoxy) is 1. The summed E-state index contributed by atoms with van der Waals surface area (Å²) in [7, 11) is 0. The van der Waals surface area contributed by atoms with Crippen LogP contribution in [0.25, 0.3) is 0 Å². The Bertz CT molecular complexity index is 474. The van der Waals surface area contributed by atoms with Crippen molar-refractivity contribution in [2.75, 3.05) is 11.5 Å². The number of isocyanates is 1. The molecule has 0 unspecified atom stereocenters. The number of hydrogen-bond acceptors (Lipinski definition) is 4. The highest BCUT2D eigenvalue weighted by Crippen LogP contribution is 2.49. The van der Waals surface area contributed by atoms with Crippen LogP contribution in [0.4, 0.5) is 0 Å². The van der Waals surface area contributed by atoms with E-state index in [1.54, 1.807) is 6.08 Å². The number of thioether (sulfide) groups is 1. The van der Waals surface area contributed by atoms with Crippen LogP contribution in [-0.2, 0) is 10.3 Å². The highest BCUT2D eigenvalue weighted by Gasteiger charge is 2.45. The normalized spacial score (nSPS) is 21.2. The van der Waals surface area contributed by atoms with Crippen molar-refractivity contribution in [3.8, 4) is 5.75 Å². The molecule has 0 radical (unpaired) electrons. The molecule has 1 aromatic rings. The second kappa shape index (κ2) is 4.21. The number of rotatable bonds is 4. The van der Waals surface area contributed by atoms with E-state index in [9.17, 15) is 4.79 Å². The number of carbonyl (C=O) groups excluding carboxylic acids is 1. The molecular formula is C13H13NO2S. The third-order valence-electron chi connectivity index (χ3n) is 3.26. The summed E-state index contributed by atoms with van der Waals surface area (Å²) in [5.74, 6) is 3.03. The van der Waals surface area contributed by atoms with Gasteiger partial charge in [-0.15, -0.1) is 0 Å². The van der Waals surface area contributed by atoms with Gasteiger partial charge in [0.15, 0.2) is 0 Å². The minimum absolute atomic E-state index is 0.296. The van der Waals surface area contributed by atoms with E-state index in [0.717, 1.165) is 35.7 Å². The summed E-state index contributed by atoms with van der Waals surface area (Å²) in [5, 5.41) is 0. The van der Waals surface area contributed by atoms with Crippen molar-refractivity contribution in [3.63, 3.8) is 0 Å². The first-order valence-corrected chi connectivity index (χ1v) is 6.92. The fourth-order valence-electron chi connectivity index (χ4n) is 2.00. The molecule has 0 atom stereocenters. The molecule has 3 rings (SSSR count). The van der Waals surface area contributed by atoms with Gasteiger partial charge in [-0.1, -0.05) is 12.1 Å². The van der Waals surface area contributed by atoms with Gasteiger partial charge in [-0.2, -0.15) is 16.8 Å². The van der Waals surface area contributed by atoms with Gasteiger partial charge >= 0.3 is 0 Å². The molecule has 0 spiro atoms. The Morgan fingerprint density at radius 3 is 2.82 bits per heavy atom. The largest absolute Gasteiger partial charge is 0.489 e. The Morgan fingerprint density at radius 2 is 2.24 bits per heavy atom. The van der Waals surface area contributed by atoms with E-state index in [-0.39, 0.29) is 5.54 Å². The molecule has 0 N–H and O–H groups in total. The number of aliphatic imine (C=N–C) groups is 1. The molecule has 3 nitrogen and oxygen atoms in total. The fraction of sp³-hybridized carbons (Fsp3) is 0.462. The Labute approximate surface area is 104 Å². The quantitative estimate of drug-likeness (QED) is 0.606. The highest BCUT2D eigenvalue weighted by atomic mass is 32.2. The summed E-state index contributed by atoms with van der Waals surface area (Å²) < 4.78 is 5.83. The maximum atomic E-state index is 10.4. The van der Waals surface area contributed by atoms with Crippen LogP contribution in [0.5, 0.6) is 5.75 Å². The summed E-state index contributed by atoms with van der Waals surface area (Å²) in [6.45, 7) is 0. The van der Waals surface area contributed by atoms with E-state index in [1.807, 2.05) is 36.0 Å². The van der Waals surface area contributed by atoms with Gasteiger partial charge in [0.2, 0.25) is 6.08 Å². The molecule has 1 aliphatic carbocycles. The lowest BCUT2D eigenvalue weighted by Crippen LogP contribution is -2.31. The summed E-state index contributed by atoms with van der Waals surface area (Å²) in [5.41, 5.74) is 0.778. The third kappa shape index (κ3) is 2.11. The van der Waals surface area contributed by atoms with Crippen LogP contribution in [0, 0.1) is 0 Å². The predicted octanol–water partition coefficient (Wildman–Crippen LogP) is 2.51. The van der Waals surface area contributed by atoms with Crippen LogP contribution in [0.1, 0.15) is 18.4 Å². The van der Waals surface area contributed by atoms with Gasteiger partial charge in [0.05, 0.1) is 5.54 Å². The Balaban J connectivity index is 1.81. The van der Waals surface area contributed by atoms with Gasteiger partial charge in [-0.3, -0.25) is 0 Å². The lowest BCUT2D eigenvalue weighted by molar-refractivity contribution is 0.240. The molecule has 1 aromatic carbocycles. The molecule has 0 bridgehead atoms. The van der Waals surface area contributed by atoms with Crippen molar-refractivity contribution in [1.82, 2.24) is 0 Å². The van der Waals surface area contributed by atoms with Gasteiger partial charge in [0.1, 0.15) is 11.9 Å². The van der Waals surface area contributed by atoms with E-state index in [4.69, 9.17) is 4.74 Å². The minimum atomic E-state index is -0.296. The molecule has 88 valence electrons. The van der Waals surface area contributed by atoms with Crippen LogP contribution in [0.15, 0.2) is 29.3 Å². The lowest BCUT2D eigenvalue weighted by atomic mass is 10.1. The van der Waals surface area contributed by atoms with E-state index in [0.29, 0.717) is 6.10 Å². The van der Waals surface area contributed by atoms with Crippen LogP contribution >= 0.6 is 11.8 Å². The average Bonchev–Trinajstić information content (AvgIpc) is 3.06. The zero-order valence-corrected chi connectivity index (χ0v) is 10.2. The Hall–Kier alpha value is -1.25. The van der Waals surface area contributed by atoms with Crippen LogP contribution in [0.2, 0.25) is 0 Å². The zero-order chi connectivity index (χ0) is 11.7. The van der Waals surface area contributed by atoms with Crippen molar-refractivity contribution in [3.05, 3.63) is 29.8 Å². The fourth-order valence-corrected chi connectivity index (χ4v) is 2.57. The van der Waals surface area contributed by atoms with E-state index >= 15 is 0 Å². The molecule has 1 aliphatic heterocycles. The molecule has 1 saturated heterocycles. The van der Waals surface area contributed by atoms with Crippen molar-refractivity contribution < 1.29 is 9.53 Å². The smallest absolute Gasteiger partial charge is 0.235 e. The molecule has 0 aromatic heterocycles. The topological polar surface area (TPSA) is 38.7 Å². The van der Waals surface area contributed by atoms with Crippen molar-refractivity contribution >= 4 is 17.8 Å². The molecule has 1 saturated carbocycles. The summed E-state index contributed by atoms with van der Waals surface area (Å²) >= 11 is 1.90. The molecule has 4 heteroatoms. The number of benzene rings is 1. The third-order valence-corrected chi connectivity index (χ3v) is 4.48. The van der Waals surface area contributed by atoms with Gasteiger partial charge in [-0.05, 0) is 30.5 Å². The van der Waals surface area contributed by atoms with Crippen LogP contribution in [0.3, 0.4) is 0 Å². The summed E-state index contributed by atoms with van der Waals surface area (Å²) in [4.78, 5) is 14.4. The highest BCUT2D eigenvalue weighted by molar-refractivity contribution is 8.00. The summed E-state index contributed by atoms with van der Waals surface area (Å²) in [6.07, 6.45) is 3.90. The standard InChI is InChI=1S/C13H13NO2S/c15-9-14-13(4-5-13)10-2-1-3-11(6-10)16-12-7-17-8-12/h1-3,6,12H,4-5,7-8H2. The predicted molar refractivity (Wildman–Crippen MR) is 67.2 cm³/mol. The minimum Gasteiger partial charge on any atom is -0.489 e. The maximum Gasteiger partial charge on any atom is 0.235 e. The second-order valence-electron chi connectivity index (χ2n) is 4.54. The maximum absolute atomic E-state index is 10.4. The average molecular weight is 247 g/mol. The van der Waals surface area contributed by atoms with Gasteiger partial charge in [0.25, 0.3) is 0 Å². The van der Waals surface area contributed by atoms with E-state index < -0.39 is 0 Å². The molecule has 2 aliphatic rings.